The van der Waals surface area contributed by atoms with Crippen LogP contribution in [0.2, 0.25) is 0 Å². The van der Waals surface area contributed by atoms with E-state index in [9.17, 15) is 0 Å². The first-order valence-corrected chi connectivity index (χ1v) is 6.22. The molecule has 1 rings (SSSR count). The highest BCUT2D eigenvalue weighted by molar-refractivity contribution is 7.09. The van der Waals surface area contributed by atoms with Crippen molar-refractivity contribution < 1.29 is 0 Å². The third kappa shape index (κ3) is 4.28. The minimum absolute atomic E-state index is 0.155. The highest BCUT2D eigenvalue weighted by atomic mass is 32.1. The van der Waals surface area contributed by atoms with Gasteiger partial charge in [-0.2, -0.15) is 0 Å². The van der Waals surface area contributed by atoms with Crippen molar-refractivity contribution in [2.45, 2.75) is 32.2 Å². The van der Waals surface area contributed by atoms with Gasteiger partial charge in [0.05, 0.1) is 5.01 Å². The molecule has 0 fully saturated rings. The van der Waals surface area contributed by atoms with Crippen molar-refractivity contribution in [3.8, 4) is 0 Å². The number of rotatable bonds is 6. The Morgan fingerprint density at radius 1 is 1.53 bits per heavy atom. The summed E-state index contributed by atoms with van der Waals surface area (Å²) >= 11 is 1.73. The first kappa shape index (κ1) is 12.6. The molecule has 0 aliphatic heterocycles. The molecule has 1 unspecified atom stereocenters. The second-order valence-corrected chi connectivity index (χ2v) is 5.46. The van der Waals surface area contributed by atoms with Crippen molar-refractivity contribution in [2.24, 2.45) is 0 Å². The van der Waals surface area contributed by atoms with Gasteiger partial charge in [0.15, 0.2) is 0 Å². The largest absolute Gasteiger partial charge is 0.314 e. The van der Waals surface area contributed by atoms with Crippen LogP contribution in [0.3, 0.4) is 0 Å². The fourth-order valence-corrected chi connectivity index (χ4v) is 1.95. The zero-order valence-electron chi connectivity index (χ0n) is 10.0. The highest BCUT2D eigenvalue weighted by Gasteiger charge is 2.15. The average Bonchev–Trinajstić information content (AvgIpc) is 2.70. The van der Waals surface area contributed by atoms with Crippen LogP contribution in [0.5, 0.6) is 0 Å². The summed E-state index contributed by atoms with van der Waals surface area (Å²) < 4.78 is 0. The molecular formula is C11H21N3S. The Balaban J connectivity index is 2.26. The Labute approximate surface area is 96.3 Å². The first-order valence-electron chi connectivity index (χ1n) is 5.34. The van der Waals surface area contributed by atoms with Gasteiger partial charge in [0.2, 0.25) is 0 Å². The van der Waals surface area contributed by atoms with E-state index in [1.165, 1.54) is 5.01 Å². The smallest absolute Gasteiger partial charge is 0.0965 e. The summed E-state index contributed by atoms with van der Waals surface area (Å²) in [6, 6.07) is 0. The van der Waals surface area contributed by atoms with E-state index >= 15 is 0 Å². The van der Waals surface area contributed by atoms with Crippen LogP contribution in [0.15, 0.2) is 11.6 Å². The van der Waals surface area contributed by atoms with Crippen molar-refractivity contribution >= 4 is 11.3 Å². The molecule has 0 aliphatic rings. The van der Waals surface area contributed by atoms with E-state index in [-0.39, 0.29) is 5.54 Å². The number of likely N-dealkylation sites (N-methyl/N-ethyl adjacent to an activating group) is 1. The van der Waals surface area contributed by atoms with Gasteiger partial charge in [-0.15, -0.1) is 11.3 Å². The molecule has 0 radical (unpaired) electrons. The number of hydrogen-bond donors (Lipinski definition) is 2. The summed E-state index contributed by atoms with van der Waals surface area (Å²) in [5.41, 5.74) is 0.155. The molecule has 0 saturated heterocycles. The van der Waals surface area contributed by atoms with Crippen LogP contribution < -0.4 is 10.6 Å². The molecule has 2 N–H and O–H groups in total. The van der Waals surface area contributed by atoms with E-state index < -0.39 is 0 Å². The molecule has 3 nitrogen and oxygen atoms in total. The zero-order chi connectivity index (χ0) is 11.3. The van der Waals surface area contributed by atoms with Crippen molar-refractivity contribution in [1.29, 1.82) is 0 Å². The number of nitrogens with one attached hydrogen (secondary N) is 2. The predicted octanol–water partition coefficient (Wildman–Crippen LogP) is 1.83. The third-order valence-electron chi connectivity index (χ3n) is 2.57. The predicted molar refractivity (Wildman–Crippen MR) is 66.5 cm³/mol. The minimum Gasteiger partial charge on any atom is -0.314 e. The van der Waals surface area contributed by atoms with E-state index in [1.54, 1.807) is 11.3 Å². The maximum absolute atomic E-state index is 4.31. The van der Waals surface area contributed by atoms with Crippen LogP contribution in [0.4, 0.5) is 0 Å². The van der Waals surface area contributed by atoms with E-state index in [2.05, 4.69) is 36.4 Å². The van der Waals surface area contributed by atoms with Gasteiger partial charge in [-0.05, 0) is 20.9 Å². The Kier molecular flexibility index (Phi) is 4.70. The van der Waals surface area contributed by atoms with Crippen LogP contribution in [-0.4, -0.2) is 30.7 Å². The van der Waals surface area contributed by atoms with Gasteiger partial charge < -0.3 is 10.6 Å². The maximum atomic E-state index is 4.31. The zero-order valence-corrected chi connectivity index (χ0v) is 10.8. The number of thiazole rings is 1. The molecule has 1 aromatic rings. The molecule has 0 aromatic carbocycles. The highest BCUT2D eigenvalue weighted by Crippen LogP contribution is 2.16. The summed E-state index contributed by atoms with van der Waals surface area (Å²) in [6.45, 7) is 8.54. The summed E-state index contributed by atoms with van der Waals surface area (Å²) in [6.07, 6.45) is 1.87. The molecule has 1 atom stereocenters. The summed E-state index contributed by atoms with van der Waals surface area (Å²) in [5, 5.41) is 9.99. The van der Waals surface area contributed by atoms with Gasteiger partial charge in [-0.1, -0.05) is 6.92 Å². The molecule has 86 valence electrons. The third-order valence-corrected chi connectivity index (χ3v) is 3.57. The molecule has 0 aliphatic carbocycles. The van der Waals surface area contributed by atoms with Gasteiger partial charge in [0.1, 0.15) is 0 Å². The molecule has 0 spiro atoms. The number of aromatic nitrogens is 1. The molecule has 0 saturated carbocycles. The normalized spacial score (nSPS) is 14.1. The van der Waals surface area contributed by atoms with Gasteiger partial charge in [0.25, 0.3) is 0 Å². The Morgan fingerprint density at radius 3 is 2.80 bits per heavy atom. The average molecular weight is 227 g/mol. The molecule has 1 aromatic heterocycles. The van der Waals surface area contributed by atoms with E-state index in [0.717, 1.165) is 13.1 Å². The SMILES string of the molecule is CNC(C)(C)CNCC(C)c1nccs1. The number of nitrogens with zero attached hydrogens (tertiary/aromatic N) is 1. The Hall–Kier alpha value is -0.450. The summed E-state index contributed by atoms with van der Waals surface area (Å²) in [7, 11) is 1.99. The second kappa shape index (κ2) is 5.58. The quantitative estimate of drug-likeness (QED) is 0.778. The van der Waals surface area contributed by atoms with Gasteiger partial charge >= 0.3 is 0 Å². The fourth-order valence-electron chi connectivity index (χ4n) is 1.25. The lowest BCUT2D eigenvalue weighted by atomic mass is 10.1. The van der Waals surface area contributed by atoms with Gasteiger partial charge in [-0.3, -0.25) is 0 Å². The van der Waals surface area contributed by atoms with Crippen LogP contribution in [0.25, 0.3) is 0 Å². The van der Waals surface area contributed by atoms with Crippen LogP contribution >= 0.6 is 11.3 Å². The minimum atomic E-state index is 0.155. The van der Waals surface area contributed by atoms with Crippen LogP contribution in [0.1, 0.15) is 31.7 Å². The summed E-state index contributed by atoms with van der Waals surface area (Å²) in [4.78, 5) is 4.31. The van der Waals surface area contributed by atoms with Crippen molar-refractivity contribution in [3.63, 3.8) is 0 Å². The van der Waals surface area contributed by atoms with Crippen molar-refractivity contribution in [1.82, 2.24) is 15.6 Å². The van der Waals surface area contributed by atoms with E-state index in [1.807, 2.05) is 18.6 Å². The van der Waals surface area contributed by atoms with E-state index in [4.69, 9.17) is 0 Å². The topological polar surface area (TPSA) is 37.0 Å². The Bertz CT molecular complexity index is 269. The second-order valence-electron chi connectivity index (χ2n) is 4.54. The molecule has 1 heterocycles. The fraction of sp³-hybridized carbons (Fsp3) is 0.727. The van der Waals surface area contributed by atoms with Gasteiger partial charge in [0, 0.05) is 36.1 Å². The van der Waals surface area contributed by atoms with Crippen molar-refractivity contribution in [2.75, 3.05) is 20.1 Å². The van der Waals surface area contributed by atoms with E-state index in [0.29, 0.717) is 5.92 Å². The lowest BCUT2D eigenvalue weighted by Crippen LogP contribution is -2.46. The van der Waals surface area contributed by atoms with Gasteiger partial charge in [-0.25, -0.2) is 4.98 Å². The van der Waals surface area contributed by atoms with Crippen molar-refractivity contribution in [3.05, 3.63) is 16.6 Å². The maximum Gasteiger partial charge on any atom is 0.0965 e. The lowest BCUT2D eigenvalue weighted by Gasteiger charge is -2.25. The monoisotopic (exact) mass is 227 g/mol. The molecule has 15 heavy (non-hydrogen) atoms. The molecule has 0 amide bonds. The lowest BCUT2D eigenvalue weighted by molar-refractivity contribution is 0.389. The standard InChI is InChI=1S/C11H21N3S/c1-9(10-14-5-6-15-10)7-13-8-11(2,3)12-4/h5-6,9,12-13H,7-8H2,1-4H3. The molecular weight excluding hydrogens is 206 g/mol. The molecule has 4 heteroatoms. The van der Waals surface area contributed by atoms with Crippen LogP contribution in [-0.2, 0) is 0 Å². The molecule has 0 bridgehead atoms. The Morgan fingerprint density at radius 2 is 2.27 bits per heavy atom. The first-order chi connectivity index (χ1) is 7.05. The van der Waals surface area contributed by atoms with Crippen LogP contribution in [0, 0.1) is 0 Å². The summed E-state index contributed by atoms with van der Waals surface area (Å²) in [5.74, 6) is 0.498. The number of hydrogen-bond acceptors (Lipinski definition) is 4.